The number of hydrogen-bond acceptors (Lipinski definition) is 5. The van der Waals surface area contributed by atoms with E-state index < -0.39 is 0 Å². The van der Waals surface area contributed by atoms with Crippen molar-refractivity contribution in [3.05, 3.63) is 81.8 Å². The van der Waals surface area contributed by atoms with Crippen molar-refractivity contribution in [3.63, 3.8) is 0 Å². The van der Waals surface area contributed by atoms with Gasteiger partial charge in [0.1, 0.15) is 11.5 Å². The molecule has 0 radical (unpaired) electrons. The molecule has 31 heavy (non-hydrogen) atoms. The molecule has 0 spiro atoms. The van der Waals surface area contributed by atoms with Gasteiger partial charge in [-0.1, -0.05) is 24.3 Å². The van der Waals surface area contributed by atoms with E-state index >= 15 is 0 Å². The number of rotatable bonds is 4. The number of ether oxygens (including phenoxy) is 2. The number of para-hydroxylation sites is 1. The smallest absolute Gasteiger partial charge is 0.281 e. The molecule has 0 saturated carbocycles. The van der Waals surface area contributed by atoms with Crippen molar-refractivity contribution < 1.29 is 14.3 Å². The number of Topliss-reactive ketones (excluding diaryl/α,β-unsaturated/α-hetero) is 1. The van der Waals surface area contributed by atoms with Crippen LogP contribution < -0.4 is 15.0 Å². The predicted octanol–water partition coefficient (Wildman–Crippen LogP) is 3.64. The highest BCUT2D eigenvalue weighted by Gasteiger charge is 2.31. The van der Waals surface area contributed by atoms with Crippen LogP contribution in [0.3, 0.4) is 0 Å². The quantitative estimate of drug-likeness (QED) is 0.550. The van der Waals surface area contributed by atoms with Crippen LogP contribution in [-0.4, -0.2) is 34.8 Å². The highest BCUT2D eigenvalue weighted by molar-refractivity contribution is 6.02. The van der Waals surface area contributed by atoms with Gasteiger partial charge in [-0.3, -0.25) is 14.7 Å². The van der Waals surface area contributed by atoms with Gasteiger partial charge in [-0.25, -0.2) is 9.67 Å². The van der Waals surface area contributed by atoms with Crippen molar-refractivity contribution >= 4 is 16.8 Å². The van der Waals surface area contributed by atoms with Crippen molar-refractivity contribution in [1.29, 1.82) is 0 Å². The first kappa shape index (κ1) is 19.1. The molecular formula is C24H21N3O4. The third-order valence-electron chi connectivity index (χ3n) is 5.90. The van der Waals surface area contributed by atoms with Gasteiger partial charge in [0.2, 0.25) is 0 Å². The summed E-state index contributed by atoms with van der Waals surface area (Å²) in [5.74, 6) is 1.23. The molecule has 0 saturated heterocycles. The Morgan fingerprint density at radius 3 is 2.58 bits per heavy atom. The third kappa shape index (κ3) is 3.09. The molecule has 0 amide bonds. The van der Waals surface area contributed by atoms with Gasteiger partial charge in [-0.2, -0.15) is 0 Å². The number of aromatic amines is 1. The average Bonchev–Trinajstić information content (AvgIpc) is 3.16. The van der Waals surface area contributed by atoms with Crippen LogP contribution in [0.5, 0.6) is 11.5 Å². The number of nitrogens with zero attached hydrogens (tertiary/aromatic N) is 2. The Labute approximate surface area is 178 Å². The van der Waals surface area contributed by atoms with Crippen molar-refractivity contribution in [2.45, 2.75) is 18.8 Å². The van der Waals surface area contributed by atoms with Gasteiger partial charge in [0.15, 0.2) is 11.4 Å². The van der Waals surface area contributed by atoms with E-state index in [1.54, 1.807) is 20.4 Å². The molecule has 5 rings (SSSR count). The van der Waals surface area contributed by atoms with Gasteiger partial charge in [0.05, 0.1) is 25.3 Å². The van der Waals surface area contributed by atoms with Crippen LogP contribution in [0, 0.1) is 0 Å². The van der Waals surface area contributed by atoms with E-state index in [2.05, 4.69) is 10.1 Å². The number of hydrogen-bond donors (Lipinski definition) is 1. The van der Waals surface area contributed by atoms with E-state index in [4.69, 9.17) is 9.47 Å². The van der Waals surface area contributed by atoms with Gasteiger partial charge in [0.25, 0.3) is 5.56 Å². The standard InChI is InChI=1S/C24H21N3O4/c1-30-16-8-9-17(21(12-16)31-2)14-10-18-19(20(28)11-14)13-25-23-22(18)24(29)27(26-23)15-6-4-3-5-7-15/h3-9,12-14H,10-11H2,1-2H3,(H,25,26). The van der Waals surface area contributed by atoms with Crippen LogP contribution in [0.1, 0.15) is 33.8 Å². The molecule has 2 heterocycles. The average molecular weight is 415 g/mol. The molecule has 7 nitrogen and oxygen atoms in total. The zero-order chi connectivity index (χ0) is 21.5. The second-order valence-corrected chi connectivity index (χ2v) is 7.60. The number of benzene rings is 2. The maximum absolute atomic E-state index is 13.3. The molecule has 0 bridgehead atoms. The Hall–Kier alpha value is -3.87. The molecule has 1 unspecified atom stereocenters. The van der Waals surface area contributed by atoms with Crippen molar-refractivity contribution in [1.82, 2.24) is 14.8 Å². The van der Waals surface area contributed by atoms with E-state index in [1.165, 1.54) is 4.68 Å². The molecule has 1 atom stereocenters. The number of nitrogens with one attached hydrogen (secondary N) is 1. The van der Waals surface area contributed by atoms with E-state index in [1.807, 2.05) is 48.5 Å². The monoisotopic (exact) mass is 415 g/mol. The minimum Gasteiger partial charge on any atom is -0.497 e. The third-order valence-corrected chi connectivity index (χ3v) is 5.90. The number of pyridine rings is 1. The van der Waals surface area contributed by atoms with Crippen LogP contribution in [0.25, 0.3) is 16.7 Å². The summed E-state index contributed by atoms with van der Waals surface area (Å²) >= 11 is 0. The van der Waals surface area contributed by atoms with Gasteiger partial charge >= 0.3 is 0 Å². The Morgan fingerprint density at radius 2 is 1.84 bits per heavy atom. The van der Waals surface area contributed by atoms with Crippen LogP contribution in [0.2, 0.25) is 0 Å². The maximum atomic E-state index is 13.3. The normalized spacial score (nSPS) is 15.7. The molecule has 2 aromatic carbocycles. The number of methoxy groups -OCH3 is 2. The summed E-state index contributed by atoms with van der Waals surface area (Å²) in [5, 5.41) is 3.54. The number of ketones is 1. The second-order valence-electron chi connectivity index (χ2n) is 7.60. The topological polar surface area (TPSA) is 86.2 Å². The minimum absolute atomic E-state index is 0.0228. The van der Waals surface area contributed by atoms with E-state index in [-0.39, 0.29) is 17.3 Å². The second kappa shape index (κ2) is 7.43. The SMILES string of the molecule is COc1ccc(C2CC(=O)c3cnc4[nH]n(-c5ccccc5)c(=O)c4c3C2)c(OC)c1. The highest BCUT2D eigenvalue weighted by Crippen LogP contribution is 2.39. The predicted molar refractivity (Wildman–Crippen MR) is 117 cm³/mol. The number of carbonyl (C=O) groups is 1. The lowest BCUT2D eigenvalue weighted by Crippen LogP contribution is -2.22. The maximum Gasteiger partial charge on any atom is 0.281 e. The molecule has 0 aliphatic heterocycles. The Kier molecular flexibility index (Phi) is 4.58. The van der Waals surface area contributed by atoms with Crippen molar-refractivity contribution in [2.75, 3.05) is 14.2 Å². The number of carbonyl (C=O) groups excluding carboxylic acids is 1. The molecule has 156 valence electrons. The fourth-order valence-electron chi connectivity index (χ4n) is 4.37. The van der Waals surface area contributed by atoms with E-state index in [9.17, 15) is 9.59 Å². The summed E-state index contributed by atoms with van der Waals surface area (Å²) in [5.41, 5.74) is 3.16. The summed E-state index contributed by atoms with van der Waals surface area (Å²) in [6.45, 7) is 0. The van der Waals surface area contributed by atoms with Crippen molar-refractivity contribution in [2.24, 2.45) is 0 Å². The van der Waals surface area contributed by atoms with Crippen LogP contribution >= 0.6 is 0 Å². The molecule has 1 N–H and O–H groups in total. The van der Waals surface area contributed by atoms with Crippen LogP contribution in [0.4, 0.5) is 0 Å². The summed E-state index contributed by atoms with van der Waals surface area (Å²) in [6, 6.07) is 14.9. The largest absolute Gasteiger partial charge is 0.497 e. The first-order chi connectivity index (χ1) is 15.1. The lowest BCUT2D eigenvalue weighted by molar-refractivity contribution is 0.0964. The summed E-state index contributed by atoms with van der Waals surface area (Å²) < 4.78 is 12.3. The summed E-state index contributed by atoms with van der Waals surface area (Å²) in [6.07, 6.45) is 2.46. The van der Waals surface area contributed by atoms with E-state index in [0.29, 0.717) is 40.9 Å². The highest BCUT2D eigenvalue weighted by atomic mass is 16.5. The molecule has 0 fully saturated rings. The Bertz CT molecular complexity index is 1350. The molecule has 1 aliphatic carbocycles. The fourth-order valence-corrected chi connectivity index (χ4v) is 4.37. The van der Waals surface area contributed by atoms with Gasteiger partial charge in [-0.05, 0) is 41.7 Å². The van der Waals surface area contributed by atoms with Gasteiger partial charge in [-0.15, -0.1) is 0 Å². The molecule has 7 heteroatoms. The van der Waals surface area contributed by atoms with Crippen LogP contribution in [-0.2, 0) is 6.42 Å². The zero-order valence-electron chi connectivity index (χ0n) is 17.2. The molecule has 4 aromatic rings. The number of fused-ring (bicyclic) bond motifs is 3. The first-order valence-corrected chi connectivity index (χ1v) is 10.0. The van der Waals surface area contributed by atoms with Gasteiger partial charge < -0.3 is 9.47 Å². The minimum atomic E-state index is -0.208. The molecular weight excluding hydrogens is 394 g/mol. The number of aromatic nitrogens is 3. The molecule has 1 aliphatic rings. The Balaban J connectivity index is 1.65. The van der Waals surface area contributed by atoms with Crippen molar-refractivity contribution in [3.8, 4) is 17.2 Å². The van der Waals surface area contributed by atoms with Gasteiger partial charge in [0, 0.05) is 24.2 Å². The fraction of sp³-hybridized carbons (Fsp3) is 0.208. The zero-order valence-corrected chi connectivity index (χ0v) is 17.2. The number of H-pyrrole nitrogens is 1. The lowest BCUT2D eigenvalue weighted by atomic mass is 9.79. The Morgan fingerprint density at radius 1 is 1.03 bits per heavy atom. The molecule has 2 aromatic heterocycles. The lowest BCUT2D eigenvalue weighted by Gasteiger charge is -2.25. The van der Waals surface area contributed by atoms with E-state index in [0.717, 1.165) is 16.8 Å². The summed E-state index contributed by atoms with van der Waals surface area (Å²) in [4.78, 5) is 30.7. The first-order valence-electron chi connectivity index (χ1n) is 10.0. The summed E-state index contributed by atoms with van der Waals surface area (Å²) in [7, 11) is 3.20. The van der Waals surface area contributed by atoms with Crippen LogP contribution in [0.15, 0.2) is 59.5 Å².